The molecular weight excluding hydrogens is 248 g/mol. The monoisotopic (exact) mass is 262 g/mol. The molecule has 0 bridgehead atoms. The maximum absolute atomic E-state index is 11.0. The van der Waals surface area contributed by atoms with Crippen molar-refractivity contribution in [2.45, 2.75) is 20.4 Å². The van der Waals surface area contributed by atoms with Crippen LogP contribution >= 0.6 is 0 Å². The Morgan fingerprint density at radius 1 is 1.42 bits per heavy atom. The van der Waals surface area contributed by atoms with Crippen LogP contribution in [0.1, 0.15) is 18.4 Å². The summed E-state index contributed by atoms with van der Waals surface area (Å²) >= 11 is 0. The number of aromatic nitrogens is 2. The lowest BCUT2D eigenvalue weighted by atomic mass is 10.1. The quantitative estimate of drug-likeness (QED) is 0.654. The average Bonchev–Trinajstić information content (AvgIpc) is 2.84. The standard InChI is InChI=1S/C12H14N4O3/c1-3-13-7-10-14-15-12(19-10)11-8(2)5-4-6-9(11)16(17)18/h4-6,13H,3,7H2,1-2H3. The summed E-state index contributed by atoms with van der Waals surface area (Å²) in [4.78, 5) is 10.6. The van der Waals surface area contributed by atoms with Crippen LogP contribution in [0.4, 0.5) is 5.69 Å². The zero-order valence-electron chi connectivity index (χ0n) is 10.7. The van der Waals surface area contributed by atoms with Crippen LogP contribution in [0.5, 0.6) is 0 Å². The van der Waals surface area contributed by atoms with E-state index in [0.29, 0.717) is 18.0 Å². The molecule has 1 N–H and O–H groups in total. The lowest BCUT2D eigenvalue weighted by molar-refractivity contribution is -0.384. The van der Waals surface area contributed by atoms with E-state index in [2.05, 4.69) is 15.5 Å². The Morgan fingerprint density at radius 3 is 2.89 bits per heavy atom. The first-order valence-corrected chi connectivity index (χ1v) is 5.91. The Kier molecular flexibility index (Phi) is 3.86. The summed E-state index contributed by atoms with van der Waals surface area (Å²) in [6, 6.07) is 4.83. The highest BCUT2D eigenvalue weighted by molar-refractivity contribution is 5.70. The number of benzene rings is 1. The van der Waals surface area contributed by atoms with Crippen molar-refractivity contribution < 1.29 is 9.34 Å². The highest BCUT2D eigenvalue weighted by atomic mass is 16.6. The largest absolute Gasteiger partial charge is 0.419 e. The van der Waals surface area contributed by atoms with Crippen molar-refractivity contribution in [1.82, 2.24) is 15.5 Å². The Balaban J connectivity index is 2.41. The fraction of sp³-hybridized carbons (Fsp3) is 0.333. The van der Waals surface area contributed by atoms with Crippen LogP contribution in [0.2, 0.25) is 0 Å². The minimum atomic E-state index is -0.448. The van der Waals surface area contributed by atoms with Crippen LogP contribution in [0, 0.1) is 17.0 Å². The van der Waals surface area contributed by atoms with Gasteiger partial charge in [0.1, 0.15) is 5.56 Å². The molecule has 7 heteroatoms. The molecule has 0 aliphatic heterocycles. The van der Waals surface area contributed by atoms with Gasteiger partial charge in [0.2, 0.25) is 5.89 Å². The maximum atomic E-state index is 11.0. The summed E-state index contributed by atoms with van der Waals surface area (Å²) in [5.74, 6) is 0.590. The molecule has 1 heterocycles. The third-order valence-corrected chi connectivity index (χ3v) is 2.65. The van der Waals surface area contributed by atoms with E-state index in [1.807, 2.05) is 6.92 Å². The summed E-state index contributed by atoms with van der Waals surface area (Å²) in [7, 11) is 0. The molecule has 2 rings (SSSR count). The SMILES string of the molecule is CCNCc1nnc(-c2c(C)cccc2[N+](=O)[O-])o1. The molecule has 1 aromatic carbocycles. The normalized spacial score (nSPS) is 10.6. The molecule has 0 fully saturated rings. The van der Waals surface area contributed by atoms with E-state index in [9.17, 15) is 10.1 Å². The zero-order chi connectivity index (χ0) is 13.8. The number of aryl methyl sites for hydroxylation is 1. The molecule has 1 aromatic heterocycles. The van der Waals surface area contributed by atoms with Crippen molar-refractivity contribution in [3.8, 4) is 11.5 Å². The smallest absolute Gasteiger partial charge is 0.282 e. The Labute approximate surface area is 109 Å². The van der Waals surface area contributed by atoms with Gasteiger partial charge in [0.15, 0.2) is 0 Å². The average molecular weight is 262 g/mol. The van der Waals surface area contributed by atoms with Gasteiger partial charge in [-0.15, -0.1) is 10.2 Å². The number of hydrogen-bond acceptors (Lipinski definition) is 6. The maximum Gasteiger partial charge on any atom is 0.282 e. The number of hydrogen-bond donors (Lipinski definition) is 1. The van der Waals surface area contributed by atoms with Crippen molar-refractivity contribution in [2.75, 3.05) is 6.54 Å². The van der Waals surface area contributed by atoms with Crippen molar-refractivity contribution in [1.29, 1.82) is 0 Å². The Hall–Kier alpha value is -2.28. The van der Waals surface area contributed by atoms with Crippen molar-refractivity contribution in [2.24, 2.45) is 0 Å². The summed E-state index contributed by atoms with van der Waals surface area (Å²) in [5, 5.41) is 21.8. The second kappa shape index (κ2) is 5.57. The molecule has 0 unspecified atom stereocenters. The molecule has 0 saturated heterocycles. The van der Waals surface area contributed by atoms with Gasteiger partial charge in [-0.05, 0) is 19.0 Å². The van der Waals surface area contributed by atoms with Crippen LogP contribution in [0.25, 0.3) is 11.5 Å². The third kappa shape index (κ3) is 2.76. The van der Waals surface area contributed by atoms with Gasteiger partial charge in [-0.1, -0.05) is 19.1 Å². The molecule has 0 atom stereocenters. The molecule has 0 spiro atoms. The summed E-state index contributed by atoms with van der Waals surface area (Å²) in [6.07, 6.45) is 0. The van der Waals surface area contributed by atoms with E-state index >= 15 is 0 Å². The van der Waals surface area contributed by atoms with E-state index in [0.717, 1.165) is 12.1 Å². The van der Waals surface area contributed by atoms with Gasteiger partial charge in [-0.2, -0.15) is 0 Å². The number of rotatable bonds is 5. The van der Waals surface area contributed by atoms with E-state index in [1.165, 1.54) is 6.07 Å². The molecule has 0 amide bonds. The van der Waals surface area contributed by atoms with Gasteiger partial charge in [0, 0.05) is 6.07 Å². The fourth-order valence-electron chi connectivity index (χ4n) is 1.74. The Bertz CT molecular complexity index is 594. The summed E-state index contributed by atoms with van der Waals surface area (Å²) < 4.78 is 5.45. The van der Waals surface area contributed by atoms with E-state index in [4.69, 9.17) is 4.42 Å². The topological polar surface area (TPSA) is 94.1 Å². The van der Waals surface area contributed by atoms with Crippen molar-refractivity contribution in [3.63, 3.8) is 0 Å². The molecule has 19 heavy (non-hydrogen) atoms. The van der Waals surface area contributed by atoms with Gasteiger partial charge in [0.05, 0.1) is 11.5 Å². The molecule has 0 saturated carbocycles. The number of nitro benzene ring substituents is 1. The van der Waals surface area contributed by atoms with Crippen LogP contribution in [-0.2, 0) is 6.54 Å². The van der Waals surface area contributed by atoms with Crippen molar-refractivity contribution in [3.05, 3.63) is 39.8 Å². The predicted molar refractivity (Wildman–Crippen MR) is 68.5 cm³/mol. The number of nitrogens with zero attached hydrogens (tertiary/aromatic N) is 3. The van der Waals surface area contributed by atoms with Crippen LogP contribution in [0.3, 0.4) is 0 Å². The highest BCUT2D eigenvalue weighted by Crippen LogP contribution is 2.31. The van der Waals surface area contributed by atoms with Crippen LogP contribution < -0.4 is 5.32 Å². The molecule has 100 valence electrons. The van der Waals surface area contributed by atoms with Gasteiger partial charge < -0.3 is 9.73 Å². The minimum absolute atomic E-state index is 0.0290. The lowest BCUT2D eigenvalue weighted by Gasteiger charge is -2.01. The number of nitrogens with one attached hydrogen (secondary N) is 1. The first-order chi connectivity index (χ1) is 9.13. The third-order valence-electron chi connectivity index (χ3n) is 2.65. The first kappa shape index (κ1) is 13.2. The van der Waals surface area contributed by atoms with Gasteiger partial charge in [0.25, 0.3) is 11.6 Å². The van der Waals surface area contributed by atoms with Crippen molar-refractivity contribution >= 4 is 5.69 Å². The second-order valence-electron chi connectivity index (χ2n) is 4.01. The molecule has 0 aliphatic rings. The molecule has 0 aliphatic carbocycles. The predicted octanol–water partition coefficient (Wildman–Crippen LogP) is 2.06. The van der Waals surface area contributed by atoms with E-state index in [1.54, 1.807) is 19.1 Å². The molecular formula is C12H14N4O3. The summed E-state index contributed by atoms with van der Waals surface area (Å²) in [6.45, 7) is 4.96. The fourth-order valence-corrected chi connectivity index (χ4v) is 1.74. The zero-order valence-corrected chi connectivity index (χ0v) is 10.7. The lowest BCUT2D eigenvalue weighted by Crippen LogP contribution is -2.11. The molecule has 0 radical (unpaired) electrons. The van der Waals surface area contributed by atoms with E-state index < -0.39 is 4.92 Å². The Morgan fingerprint density at radius 2 is 2.21 bits per heavy atom. The van der Waals surface area contributed by atoms with Gasteiger partial charge >= 0.3 is 0 Å². The second-order valence-corrected chi connectivity index (χ2v) is 4.01. The molecule has 2 aromatic rings. The van der Waals surface area contributed by atoms with Gasteiger partial charge in [-0.3, -0.25) is 10.1 Å². The van der Waals surface area contributed by atoms with Crippen LogP contribution in [0.15, 0.2) is 22.6 Å². The highest BCUT2D eigenvalue weighted by Gasteiger charge is 2.22. The van der Waals surface area contributed by atoms with E-state index in [-0.39, 0.29) is 11.6 Å². The molecule has 7 nitrogen and oxygen atoms in total. The van der Waals surface area contributed by atoms with Gasteiger partial charge in [-0.25, -0.2) is 0 Å². The first-order valence-electron chi connectivity index (χ1n) is 5.91. The number of nitro groups is 1. The minimum Gasteiger partial charge on any atom is -0.419 e. The summed E-state index contributed by atoms with van der Waals surface area (Å²) in [5.41, 5.74) is 1.08. The van der Waals surface area contributed by atoms with Crippen LogP contribution in [-0.4, -0.2) is 21.7 Å².